The molecule has 1 aliphatic rings. The number of carbonyl (C=O) groups excluding carboxylic acids is 1. The third-order valence-corrected chi connectivity index (χ3v) is 3.60. The second-order valence-electron chi connectivity index (χ2n) is 5.09. The number of carbonyl (C=O) groups is 1. The zero-order chi connectivity index (χ0) is 13.3. The molecule has 0 saturated carbocycles. The van der Waals surface area contributed by atoms with Crippen molar-refractivity contribution in [2.45, 2.75) is 38.8 Å². The predicted molar refractivity (Wildman–Crippen MR) is 68.8 cm³/mol. The maximum atomic E-state index is 13.0. The molecule has 0 spiro atoms. The number of hydrogen-bond acceptors (Lipinski definition) is 2. The summed E-state index contributed by atoms with van der Waals surface area (Å²) in [5.74, 6) is -0.329. The van der Waals surface area contributed by atoms with Crippen LogP contribution in [-0.4, -0.2) is 29.4 Å². The molecular weight excluding hydrogens is 231 g/mol. The number of rotatable bonds is 1. The van der Waals surface area contributed by atoms with Crippen molar-refractivity contribution in [3.05, 3.63) is 35.1 Å². The molecule has 1 fully saturated rings. The molecule has 0 aliphatic carbocycles. The monoisotopic (exact) mass is 250 g/mol. The Hall–Kier alpha value is -1.42. The average Bonchev–Trinajstić information content (AvgIpc) is 2.28. The van der Waals surface area contributed by atoms with Gasteiger partial charge in [-0.2, -0.15) is 0 Å². The molecule has 1 amide bonds. The lowest BCUT2D eigenvalue weighted by molar-refractivity contribution is 0.0618. The number of amides is 1. The van der Waals surface area contributed by atoms with E-state index in [-0.39, 0.29) is 23.8 Å². The molecule has 4 heteroatoms. The van der Waals surface area contributed by atoms with E-state index in [0.29, 0.717) is 17.7 Å². The summed E-state index contributed by atoms with van der Waals surface area (Å²) in [7, 11) is 0. The fourth-order valence-electron chi connectivity index (χ4n) is 2.53. The van der Waals surface area contributed by atoms with Gasteiger partial charge in [0.1, 0.15) is 5.82 Å². The average molecular weight is 250 g/mol. The summed E-state index contributed by atoms with van der Waals surface area (Å²) in [4.78, 5) is 14.2. The van der Waals surface area contributed by atoms with Crippen molar-refractivity contribution in [1.29, 1.82) is 0 Å². The van der Waals surface area contributed by atoms with Crippen molar-refractivity contribution in [3.63, 3.8) is 0 Å². The van der Waals surface area contributed by atoms with Crippen LogP contribution >= 0.6 is 0 Å². The van der Waals surface area contributed by atoms with Gasteiger partial charge in [0, 0.05) is 24.2 Å². The lowest BCUT2D eigenvalue weighted by Gasteiger charge is -2.36. The van der Waals surface area contributed by atoms with Crippen molar-refractivity contribution < 1.29 is 9.18 Å². The summed E-state index contributed by atoms with van der Waals surface area (Å²) in [6.07, 6.45) is 1.66. The Morgan fingerprint density at radius 1 is 1.50 bits per heavy atom. The van der Waals surface area contributed by atoms with Crippen LogP contribution in [0.3, 0.4) is 0 Å². The van der Waals surface area contributed by atoms with Crippen molar-refractivity contribution in [2.75, 3.05) is 6.54 Å². The van der Waals surface area contributed by atoms with Gasteiger partial charge in [0.15, 0.2) is 0 Å². The molecule has 98 valence electrons. The summed E-state index contributed by atoms with van der Waals surface area (Å²) in [5.41, 5.74) is 7.15. The number of benzene rings is 1. The SMILES string of the molecule is Cc1cc(F)ccc1C(=O)N1CCC(N)CC1C. The number of likely N-dealkylation sites (tertiary alicyclic amines) is 1. The minimum atomic E-state index is -0.308. The molecule has 1 aliphatic heterocycles. The van der Waals surface area contributed by atoms with E-state index < -0.39 is 0 Å². The number of piperidine rings is 1. The van der Waals surface area contributed by atoms with Crippen LogP contribution in [0.2, 0.25) is 0 Å². The predicted octanol–water partition coefficient (Wildman–Crippen LogP) is 2.09. The maximum absolute atomic E-state index is 13.0. The van der Waals surface area contributed by atoms with Crippen LogP contribution in [0.1, 0.15) is 35.7 Å². The quantitative estimate of drug-likeness (QED) is 0.829. The van der Waals surface area contributed by atoms with Gasteiger partial charge in [0.25, 0.3) is 5.91 Å². The van der Waals surface area contributed by atoms with Gasteiger partial charge in [0.05, 0.1) is 0 Å². The molecule has 1 aromatic rings. The van der Waals surface area contributed by atoms with Gasteiger partial charge >= 0.3 is 0 Å². The third-order valence-electron chi connectivity index (χ3n) is 3.60. The van der Waals surface area contributed by atoms with Crippen LogP contribution < -0.4 is 5.73 Å². The summed E-state index contributed by atoms with van der Waals surface area (Å²) in [6.45, 7) is 4.45. The Balaban J connectivity index is 2.20. The van der Waals surface area contributed by atoms with Crippen LogP contribution in [0.15, 0.2) is 18.2 Å². The molecule has 1 saturated heterocycles. The fraction of sp³-hybridized carbons (Fsp3) is 0.500. The van der Waals surface area contributed by atoms with E-state index in [4.69, 9.17) is 5.73 Å². The van der Waals surface area contributed by atoms with Crippen molar-refractivity contribution >= 4 is 5.91 Å². The highest BCUT2D eigenvalue weighted by molar-refractivity contribution is 5.95. The summed E-state index contributed by atoms with van der Waals surface area (Å²) in [5, 5.41) is 0. The van der Waals surface area contributed by atoms with E-state index in [9.17, 15) is 9.18 Å². The Labute approximate surface area is 107 Å². The molecule has 1 aromatic carbocycles. The van der Waals surface area contributed by atoms with Crippen molar-refractivity contribution in [1.82, 2.24) is 4.90 Å². The van der Waals surface area contributed by atoms with Crippen LogP contribution in [0.4, 0.5) is 4.39 Å². The van der Waals surface area contributed by atoms with Crippen molar-refractivity contribution in [2.24, 2.45) is 5.73 Å². The number of halogens is 1. The molecule has 2 N–H and O–H groups in total. The molecule has 18 heavy (non-hydrogen) atoms. The second kappa shape index (κ2) is 5.06. The smallest absolute Gasteiger partial charge is 0.254 e. The van der Waals surface area contributed by atoms with Gasteiger partial charge in [-0.25, -0.2) is 4.39 Å². The second-order valence-corrected chi connectivity index (χ2v) is 5.09. The normalized spacial score (nSPS) is 24.1. The minimum absolute atomic E-state index is 0.0214. The summed E-state index contributed by atoms with van der Waals surface area (Å²) >= 11 is 0. The summed E-state index contributed by atoms with van der Waals surface area (Å²) in [6, 6.07) is 4.62. The zero-order valence-corrected chi connectivity index (χ0v) is 10.8. The van der Waals surface area contributed by atoms with Crippen LogP contribution in [-0.2, 0) is 0 Å². The van der Waals surface area contributed by atoms with Gasteiger partial charge in [0.2, 0.25) is 0 Å². The first-order chi connectivity index (χ1) is 8.49. The molecule has 1 heterocycles. The fourth-order valence-corrected chi connectivity index (χ4v) is 2.53. The molecule has 2 atom stereocenters. The Morgan fingerprint density at radius 2 is 2.22 bits per heavy atom. The first-order valence-electron chi connectivity index (χ1n) is 6.31. The Morgan fingerprint density at radius 3 is 2.83 bits per heavy atom. The van der Waals surface area contributed by atoms with E-state index in [1.807, 2.05) is 11.8 Å². The van der Waals surface area contributed by atoms with Gasteiger partial charge < -0.3 is 10.6 Å². The van der Waals surface area contributed by atoms with Crippen LogP contribution in [0, 0.1) is 12.7 Å². The number of nitrogens with zero attached hydrogens (tertiary/aromatic N) is 1. The maximum Gasteiger partial charge on any atom is 0.254 e. The van der Waals surface area contributed by atoms with E-state index in [1.54, 1.807) is 13.0 Å². The largest absolute Gasteiger partial charge is 0.336 e. The third kappa shape index (κ3) is 2.53. The molecule has 2 unspecified atom stereocenters. The number of hydrogen-bond donors (Lipinski definition) is 1. The Kier molecular flexibility index (Phi) is 3.66. The molecule has 0 radical (unpaired) electrons. The minimum Gasteiger partial charge on any atom is -0.336 e. The molecule has 2 rings (SSSR count). The summed E-state index contributed by atoms with van der Waals surface area (Å²) < 4.78 is 13.0. The highest BCUT2D eigenvalue weighted by Crippen LogP contribution is 2.20. The number of nitrogens with two attached hydrogens (primary N) is 1. The van der Waals surface area contributed by atoms with Crippen LogP contribution in [0.5, 0.6) is 0 Å². The molecule has 0 aromatic heterocycles. The Bertz CT molecular complexity index is 461. The molecule has 0 bridgehead atoms. The van der Waals surface area contributed by atoms with E-state index in [0.717, 1.165) is 12.8 Å². The van der Waals surface area contributed by atoms with Gasteiger partial charge in [-0.1, -0.05) is 0 Å². The van der Waals surface area contributed by atoms with E-state index in [2.05, 4.69) is 0 Å². The first-order valence-corrected chi connectivity index (χ1v) is 6.31. The van der Waals surface area contributed by atoms with Gasteiger partial charge in [-0.05, 0) is 50.5 Å². The topological polar surface area (TPSA) is 46.3 Å². The molecule has 3 nitrogen and oxygen atoms in total. The molecular formula is C14H19FN2O. The van der Waals surface area contributed by atoms with Crippen LogP contribution in [0.25, 0.3) is 0 Å². The lowest BCUT2D eigenvalue weighted by Crippen LogP contribution is -2.48. The highest BCUT2D eigenvalue weighted by Gasteiger charge is 2.28. The zero-order valence-electron chi connectivity index (χ0n) is 10.8. The van der Waals surface area contributed by atoms with Gasteiger partial charge in [-0.3, -0.25) is 4.79 Å². The highest BCUT2D eigenvalue weighted by atomic mass is 19.1. The first kappa shape index (κ1) is 13.0. The standard InChI is InChI=1S/C14H19FN2O/c1-9-7-11(15)3-4-13(9)14(18)17-6-5-12(16)8-10(17)2/h3-4,7,10,12H,5-6,8,16H2,1-2H3. The van der Waals surface area contributed by atoms with Crippen molar-refractivity contribution in [3.8, 4) is 0 Å². The van der Waals surface area contributed by atoms with Gasteiger partial charge in [-0.15, -0.1) is 0 Å². The van der Waals surface area contributed by atoms with E-state index >= 15 is 0 Å². The number of aryl methyl sites for hydroxylation is 1. The lowest BCUT2D eigenvalue weighted by atomic mass is 9.97. The van der Waals surface area contributed by atoms with E-state index in [1.165, 1.54) is 12.1 Å².